The molecule has 8 heteroatoms. The molecule has 3 rings (SSSR count). The predicted molar refractivity (Wildman–Crippen MR) is 124 cm³/mol. The van der Waals surface area contributed by atoms with Crippen molar-refractivity contribution in [1.82, 2.24) is 14.8 Å². The Kier molecular flexibility index (Phi) is 7.83. The average molecular weight is 438 g/mol. The van der Waals surface area contributed by atoms with Gasteiger partial charge in [-0.25, -0.2) is 0 Å². The quantitative estimate of drug-likeness (QED) is 0.490. The lowest BCUT2D eigenvalue weighted by molar-refractivity contribution is -0.116. The number of aromatic nitrogens is 3. The van der Waals surface area contributed by atoms with Crippen molar-refractivity contribution in [3.8, 4) is 0 Å². The highest BCUT2D eigenvalue weighted by atomic mass is 32.2. The van der Waals surface area contributed by atoms with E-state index in [4.69, 9.17) is 0 Å². The van der Waals surface area contributed by atoms with E-state index >= 15 is 0 Å². The van der Waals surface area contributed by atoms with Gasteiger partial charge < -0.3 is 15.2 Å². The molecule has 1 aromatic heterocycles. The number of thioether (sulfide) groups is 1. The van der Waals surface area contributed by atoms with Gasteiger partial charge in [-0.05, 0) is 44.5 Å². The lowest BCUT2D eigenvalue weighted by Gasteiger charge is -2.09. The SMILES string of the molecule is CCn1c(CCC(=O)Nc2ccccc2C)nnc1SCC(=O)Nc1ccc(C)cc1. The van der Waals surface area contributed by atoms with E-state index in [1.165, 1.54) is 11.8 Å². The van der Waals surface area contributed by atoms with Gasteiger partial charge in [0.2, 0.25) is 11.8 Å². The third kappa shape index (κ3) is 6.42. The van der Waals surface area contributed by atoms with Crippen LogP contribution in [0.2, 0.25) is 0 Å². The average Bonchev–Trinajstić information content (AvgIpc) is 3.16. The van der Waals surface area contributed by atoms with Crippen molar-refractivity contribution in [1.29, 1.82) is 0 Å². The number of rotatable bonds is 9. The first-order chi connectivity index (χ1) is 15.0. The van der Waals surface area contributed by atoms with Crippen LogP contribution in [0.25, 0.3) is 0 Å². The predicted octanol–water partition coefficient (Wildman–Crippen LogP) is 4.22. The third-order valence-electron chi connectivity index (χ3n) is 4.77. The molecule has 0 spiro atoms. The third-order valence-corrected chi connectivity index (χ3v) is 5.74. The van der Waals surface area contributed by atoms with Gasteiger partial charge in [-0.2, -0.15) is 0 Å². The first kappa shape index (κ1) is 22.6. The van der Waals surface area contributed by atoms with Gasteiger partial charge in [0.15, 0.2) is 5.16 Å². The van der Waals surface area contributed by atoms with Crippen LogP contribution in [0.3, 0.4) is 0 Å². The van der Waals surface area contributed by atoms with Crippen LogP contribution in [0.15, 0.2) is 53.7 Å². The fourth-order valence-corrected chi connectivity index (χ4v) is 3.86. The Hall–Kier alpha value is -3.13. The van der Waals surface area contributed by atoms with E-state index in [1.807, 2.05) is 73.9 Å². The first-order valence-electron chi connectivity index (χ1n) is 10.2. The van der Waals surface area contributed by atoms with Crippen LogP contribution in [0, 0.1) is 13.8 Å². The van der Waals surface area contributed by atoms with Gasteiger partial charge in [0.1, 0.15) is 5.82 Å². The number of para-hydroxylation sites is 1. The van der Waals surface area contributed by atoms with Crippen LogP contribution >= 0.6 is 11.8 Å². The van der Waals surface area contributed by atoms with E-state index in [2.05, 4.69) is 20.8 Å². The highest BCUT2D eigenvalue weighted by Gasteiger charge is 2.15. The van der Waals surface area contributed by atoms with Crippen molar-refractivity contribution >= 4 is 35.0 Å². The lowest BCUT2D eigenvalue weighted by atomic mass is 10.2. The van der Waals surface area contributed by atoms with Crippen LogP contribution in [0.1, 0.15) is 30.3 Å². The number of nitrogens with zero attached hydrogens (tertiary/aromatic N) is 3. The summed E-state index contributed by atoms with van der Waals surface area (Å²) in [6, 6.07) is 15.4. The molecular weight excluding hydrogens is 410 g/mol. The smallest absolute Gasteiger partial charge is 0.234 e. The number of carbonyl (C=O) groups is 2. The lowest BCUT2D eigenvalue weighted by Crippen LogP contribution is -2.15. The molecule has 1 heterocycles. The van der Waals surface area contributed by atoms with Crippen molar-refractivity contribution in [3.05, 3.63) is 65.5 Å². The summed E-state index contributed by atoms with van der Waals surface area (Å²) < 4.78 is 1.95. The highest BCUT2D eigenvalue weighted by molar-refractivity contribution is 7.99. The molecule has 0 bridgehead atoms. The van der Waals surface area contributed by atoms with E-state index in [1.54, 1.807) is 0 Å². The molecule has 0 saturated heterocycles. The maximum Gasteiger partial charge on any atom is 0.234 e. The van der Waals surface area contributed by atoms with E-state index in [-0.39, 0.29) is 17.6 Å². The Bertz CT molecular complexity index is 1050. The Morgan fingerprint density at radius 2 is 1.71 bits per heavy atom. The van der Waals surface area contributed by atoms with Gasteiger partial charge in [0.25, 0.3) is 0 Å². The molecule has 0 aliphatic carbocycles. The van der Waals surface area contributed by atoms with Crippen LogP contribution in [-0.2, 0) is 22.6 Å². The molecule has 2 aromatic carbocycles. The van der Waals surface area contributed by atoms with Gasteiger partial charge in [0, 0.05) is 30.8 Å². The van der Waals surface area contributed by atoms with Gasteiger partial charge >= 0.3 is 0 Å². The minimum absolute atomic E-state index is 0.0633. The Labute approximate surface area is 186 Å². The normalized spacial score (nSPS) is 10.7. The second kappa shape index (κ2) is 10.8. The van der Waals surface area contributed by atoms with E-state index in [9.17, 15) is 9.59 Å². The monoisotopic (exact) mass is 437 g/mol. The summed E-state index contributed by atoms with van der Waals surface area (Å²) in [6.45, 7) is 6.63. The van der Waals surface area contributed by atoms with Crippen LogP contribution < -0.4 is 10.6 Å². The molecular formula is C23H27N5O2S. The second-order valence-electron chi connectivity index (χ2n) is 7.21. The van der Waals surface area contributed by atoms with Crippen LogP contribution in [-0.4, -0.2) is 32.3 Å². The van der Waals surface area contributed by atoms with Crippen molar-refractivity contribution < 1.29 is 9.59 Å². The number of carbonyl (C=O) groups excluding carboxylic acids is 2. The molecule has 7 nitrogen and oxygen atoms in total. The maximum absolute atomic E-state index is 12.3. The number of hydrogen-bond acceptors (Lipinski definition) is 5. The summed E-state index contributed by atoms with van der Waals surface area (Å²) in [5, 5.41) is 14.9. The number of nitrogens with one attached hydrogen (secondary N) is 2. The van der Waals surface area contributed by atoms with Crippen molar-refractivity contribution in [2.75, 3.05) is 16.4 Å². The molecule has 2 N–H and O–H groups in total. The highest BCUT2D eigenvalue weighted by Crippen LogP contribution is 2.19. The Balaban J connectivity index is 1.52. The summed E-state index contributed by atoms with van der Waals surface area (Å²) in [7, 11) is 0. The molecule has 0 unspecified atom stereocenters. The van der Waals surface area contributed by atoms with Crippen molar-refractivity contribution in [2.45, 2.75) is 45.3 Å². The van der Waals surface area contributed by atoms with Gasteiger partial charge in [-0.3, -0.25) is 9.59 Å². The molecule has 0 aliphatic rings. The van der Waals surface area contributed by atoms with Crippen molar-refractivity contribution in [3.63, 3.8) is 0 Å². The van der Waals surface area contributed by atoms with E-state index < -0.39 is 0 Å². The fourth-order valence-electron chi connectivity index (χ4n) is 3.04. The minimum atomic E-state index is -0.0985. The van der Waals surface area contributed by atoms with Crippen LogP contribution in [0.5, 0.6) is 0 Å². The number of benzene rings is 2. The molecule has 0 atom stereocenters. The zero-order valence-electron chi connectivity index (χ0n) is 18.0. The number of hydrogen-bond donors (Lipinski definition) is 2. The summed E-state index contributed by atoms with van der Waals surface area (Å²) in [5.41, 5.74) is 3.76. The van der Waals surface area contributed by atoms with Crippen molar-refractivity contribution in [2.24, 2.45) is 0 Å². The number of anilines is 2. The summed E-state index contributed by atoms with van der Waals surface area (Å²) >= 11 is 1.34. The molecule has 31 heavy (non-hydrogen) atoms. The second-order valence-corrected chi connectivity index (χ2v) is 8.15. The molecule has 162 valence electrons. The number of amides is 2. The van der Waals surface area contributed by atoms with Gasteiger partial charge in [-0.1, -0.05) is 47.7 Å². The molecule has 0 fully saturated rings. The molecule has 2 amide bonds. The Morgan fingerprint density at radius 3 is 2.42 bits per heavy atom. The van der Waals surface area contributed by atoms with E-state index in [0.717, 1.165) is 28.3 Å². The Morgan fingerprint density at radius 1 is 0.968 bits per heavy atom. The number of aryl methyl sites for hydroxylation is 3. The van der Waals surface area contributed by atoms with Gasteiger partial charge in [-0.15, -0.1) is 10.2 Å². The molecule has 0 radical (unpaired) electrons. The minimum Gasteiger partial charge on any atom is -0.326 e. The molecule has 0 aliphatic heterocycles. The zero-order chi connectivity index (χ0) is 22.2. The standard InChI is InChI=1S/C23H27N5O2S/c1-4-28-20(13-14-21(29)25-19-8-6-5-7-17(19)3)26-27-23(28)31-15-22(30)24-18-11-9-16(2)10-12-18/h5-12H,4,13-15H2,1-3H3,(H,24,30)(H,25,29). The van der Waals surface area contributed by atoms with Crippen LogP contribution in [0.4, 0.5) is 11.4 Å². The zero-order valence-corrected chi connectivity index (χ0v) is 18.8. The summed E-state index contributed by atoms with van der Waals surface area (Å²) in [5.74, 6) is 0.814. The largest absolute Gasteiger partial charge is 0.326 e. The van der Waals surface area contributed by atoms with E-state index in [0.29, 0.717) is 24.5 Å². The summed E-state index contributed by atoms with van der Waals surface area (Å²) in [6.07, 6.45) is 0.791. The molecule has 0 saturated carbocycles. The maximum atomic E-state index is 12.3. The topological polar surface area (TPSA) is 88.9 Å². The van der Waals surface area contributed by atoms with Gasteiger partial charge in [0.05, 0.1) is 5.75 Å². The first-order valence-corrected chi connectivity index (χ1v) is 11.2. The summed E-state index contributed by atoms with van der Waals surface area (Å²) in [4.78, 5) is 24.6. The fraction of sp³-hybridized carbons (Fsp3) is 0.304. The molecule has 3 aromatic rings.